The monoisotopic (exact) mass is 251 g/mol. The second-order valence-corrected chi connectivity index (χ2v) is 3.58. The minimum atomic E-state index is -0.498. The highest BCUT2D eigenvalue weighted by Gasteiger charge is 2.17. The number of rotatable bonds is 7. The van der Waals surface area contributed by atoms with Crippen LogP contribution in [0.5, 0.6) is 5.88 Å². The van der Waals surface area contributed by atoms with Crippen molar-refractivity contribution < 1.29 is 9.66 Å². The largest absolute Gasteiger partial charge is 0.469 e. The molecule has 0 aliphatic rings. The van der Waals surface area contributed by atoms with Gasteiger partial charge >= 0.3 is 5.69 Å². The fourth-order valence-corrected chi connectivity index (χ4v) is 1.25. The summed E-state index contributed by atoms with van der Waals surface area (Å²) in [5, 5.41) is 13.9. The van der Waals surface area contributed by atoms with E-state index in [1.165, 1.54) is 6.07 Å². The molecule has 0 aliphatic carbocycles. The van der Waals surface area contributed by atoms with E-state index in [2.05, 4.69) is 10.3 Å². The van der Waals surface area contributed by atoms with Crippen LogP contribution in [0.25, 0.3) is 0 Å². The van der Waals surface area contributed by atoms with E-state index in [0.29, 0.717) is 5.82 Å². The predicted molar refractivity (Wildman–Crippen MR) is 70.0 cm³/mol. The van der Waals surface area contributed by atoms with Crippen LogP contribution < -0.4 is 10.1 Å². The number of allylic oxidation sites excluding steroid dienone is 1. The molecule has 0 amide bonds. The number of aromatic nitrogens is 1. The van der Waals surface area contributed by atoms with E-state index in [1.54, 1.807) is 12.1 Å². The van der Waals surface area contributed by atoms with Crippen molar-refractivity contribution in [2.75, 3.05) is 18.5 Å². The van der Waals surface area contributed by atoms with Gasteiger partial charge in [0.05, 0.1) is 4.92 Å². The molecule has 0 saturated heterocycles. The van der Waals surface area contributed by atoms with Crippen LogP contribution in [0.2, 0.25) is 0 Å². The molecular formula is C12H17N3O3. The topological polar surface area (TPSA) is 77.3 Å². The Hall–Kier alpha value is -2.11. The van der Waals surface area contributed by atoms with Crippen molar-refractivity contribution in [3.05, 3.63) is 34.4 Å². The van der Waals surface area contributed by atoms with E-state index < -0.39 is 4.92 Å². The van der Waals surface area contributed by atoms with Crippen LogP contribution in [0.4, 0.5) is 11.5 Å². The van der Waals surface area contributed by atoms with E-state index in [-0.39, 0.29) is 18.2 Å². The summed E-state index contributed by atoms with van der Waals surface area (Å²) in [4.78, 5) is 14.4. The number of pyridine rings is 1. The Morgan fingerprint density at radius 2 is 2.33 bits per heavy atom. The minimum Gasteiger partial charge on any atom is -0.469 e. The normalized spacial score (nSPS) is 10.6. The lowest BCUT2D eigenvalue weighted by atomic mass is 10.4. The molecule has 1 N–H and O–H groups in total. The zero-order valence-electron chi connectivity index (χ0n) is 10.5. The number of anilines is 1. The second kappa shape index (κ2) is 7.26. The lowest BCUT2D eigenvalue weighted by Gasteiger charge is -2.07. The molecule has 1 aromatic heterocycles. The fourth-order valence-electron chi connectivity index (χ4n) is 1.25. The highest BCUT2D eigenvalue weighted by Crippen LogP contribution is 2.26. The summed E-state index contributed by atoms with van der Waals surface area (Å²) in [7, 11) is 0. The minimum absolute atomic E-state index is 0.0409. The van der Waals surface area contributed by atoms with Crippen molar-refractivity contribution in [2.24, 2.45) is 0 Å². The Bertz CT molecular complexity index is 433. The van der Waals surface area contributed by atoms with E-state index >= 15 is 0 Å². The number of hydrogen-bond donors (Lipinski definition) is 1. The van der Waals surface area contributed by atoms with Gasteiger partial charge in [-0.15, -0.1) is 0 Å². The van der Waals surface area contributed by atoms with E-state index in [4.69, 9.17) is 4.74 Å². The molecule has 1 heterocycles. The first-order valence-corrected chi connectivity index (χ1v) is 5.82. The van der Waals surface area contributed by atoms with Crippen LogP contribution in [-0.4, -0.2) is 23.1 Å². The average Bonchev–Trinajstić information content (AvgIpc) is 2.36. The molecule has 0 aliphatic heterocycles. The van der Waals surface area contributed by atoms with Crippen molar-refractivity contribution in [3.63, 3.8) is 0 Å². The van der Waals surface area contributed by atoms with Gasteiger partial charge in [-0.1, -0.05) is 19.1 Å². The third kappa shape index (κ3) is 4.04. The maximum atomic E-state index is 10.8. The molecule has 1 rings (SSSR count). The van der Waals surface area contributed by atoms with Crippen molar-refractivity contribution in [2.45, 2.75) is 20.3 Å². The van der Waals surface area contributed by atoms with Gasteiger partial charge in [-0.2, -0.15) is 4.98 Å². The lowest BCUT2D eigenvalue weighted by Crippen LogP contribution is -2.05. The van der Waals surface area contributed by atoms with Gasteiger partial charge in [-0.25, -0.2) is 0 Å². The van der Waals surface area contributed by atoms with Gasteiger partial charge < -0.3 is 10.1 Å². The van der Waals surface area contributed by atoms with E-state index in [9.17, 15) is 10.1 Å². The zero-order chi connectivity index (χ0) is 13.4. The van der Waals surface area contributed by atoms with Crippen molar-refractivity contribution in [3.8, 4) is 5.88 Å². The van der Waals surface area contributed by atoms with E-state index in [0.717, 1.165) is 13.0 Å². The van der Waals surface area contributed by atoms with Crippen LogP contribution in [-0.2, 0) is 0 Å². The van der Waals surface area contributed by atoms with Gasteiger partial charge in [0.1, 0.15) is 12.4 Å². The molecule has 0 radical (unpaired) electrons. The Morgan fingerprint density at radius 3 is 2.94 bits per heavy atom. The molecule has 18 heavy (non-hydrogen) atoms. The lowest BCUT2D eigenvalue weighted by molar-refractivity contribution is -0.386. The first-order valence-electron chi connectivity index (χ1n) is 5.82. The third-order valence-corrected chi connectivity index (χ3v) is 2.14. The Morgan fingerprint density at radius 1 is 1.56 bits per heavy atom. The summed E-state index contributed by atoms with van der Waals surface area (Å²) in [6.45, 7) is 4.91. The van der Waals surface area contributed by atoms with Crippen molar-refractivity contribution in [1.29, 1.82) is 0 Å². The Balaban J connectivity index is 2.88. The molecule has 0 atom stereocenters. The number of ether oxygens (including phenoxy) is 1. The van der Waals surface area contributed by atoms with Crippen LogP contribution >= 0.6 is 0 Å². The number of nitrogens with one attached hydrogen (secondary N) is 1. The Labute approximate surface area is 106 Å². The van der Waals surface area contributed by atoms with Gasteiger partial charge in [0.25, 0.3) is 5.88 Å². The molecule has 6 nitrogen and oxygen atoms in total. The summed E-state index contributed by atoms with van der Waals surface area (Å²) in [5.41, 5.74) is -0.124. The molecule has 6 heteroatoms. The predicted octanol–water partition coefficient (Wildman–Crippen LogP) is 2.77. The quantitative estimate of drug-likeness (QED) is 0.458. The molecule has 0 unspecified atom stereocenters. The number of nitrogens with zero attached hydrogens (tertiary/aromatic N) is 2. The number of nitro groups is 1. The van der Waals surface area contributed by atoms with Gasteiger partial charge in [0, 0.05) is 12.6 Å². The summed E-state index contributed by atoms with van der Waals surface area (Å²) in [5.74, 6) is 0.622. The summed E-state index contributed by atoms with van der Waals surface area (Å²) < 4.78 is 5.28. The van der Waals surface area contributed by atoms with Gasteiger partial charge in [-0.3, -0.25) is 10.1 Å². The molecule has 0 bridgehead atoms. The van der Waals surface area contributed by atoms with Crippen molar-refractivity contribution in [1.82, 2.24) is 4.98 Å². The summed E-state index contributed by atoms with van der Waals surface area (Å²) >= 11 is 0. The SMILES string of the molecule is C/C=C/COc1nc(NCCC)ccc1[N+](=O)[O-]. The maximum Gasteiger partial charge on any atom is 0.331 e. The second-order valence-electron chi connectivity index (χ2n) is 3.58. The molecular weight excluding hydrogens is 234 g/mol. The maximum absolute atomic E-state index is 10.8. The van der Waals surface area contributed by atoms with Gasteiger partial charge in [0.2, 0.25) is 0 Å². The van der Waals surface area contributed by atoms with Crippen LogP contribution in [0.15, 0.2) is 24.3 Å². The highest BCUT2D eigenvalue weighted by molar-refractivity contribution is 5.49. The molecule has 0 fully saturated rings. The molecule has 0 aromatic carbocycles. The standard InChI is InChI=1S/C12H17N3O3/c1-3-5-9-18-12-10(15(16)17)6-7-11(14-12)13-8-4-2/h3,5-7H,4,8-9H2,1-2H3,(H,13,14)/b5-3+. The van der Waals surface area contributed by atoms with Gasteiger partial charge in [0.15, 0.2) is 0 Å². The van der Waals surface area contributed by atoms with Crippen LogP contribution in [0.3, 0.4) is 0 Å². The van der Waals surface area contributed by atoms with Gasteiger partial charge in [-0.05, 0) is 19.4 Å². The third-order valence-electron chi connectivity index (χ3n) is 2.14. The fraction of sp³-hybridized carbons (Fsp3) is 0.417. The number of hydrogen-bond acceptors (Lipinski definition) is 5. The average molecular weight is 251 g/mol. The molecule has 1 aromatic rings. The molecule has 98 valence electrons. The molecule has 0 spiro atoms. The summed E-state index contributed by atoms with van der Waals surface area (Å²) in [6.07, 6.45) is 4.52. The van der Waals surface area contributed by atoms with E-state index in [1.807, 2.05) is 19.9 Å². The first kappa shape index (κ1) is 14.0. The Kier molecular flexibility index (Phi) is 5.63. The van der Waals surface area contributed by atoms with Crippen LogP contribution in [0, 0.1) is 10.1 Å². The molecule has 0 saturated carbocycles. The smallest absolute Gasteiger partial charge is 0.331 e. The van der Waals surface area contributed by atoms with Crippen LogP contribution in [0.1, 0.15) is 20.3 Å². The zero-order valence-corrected chi connectivity index (χ0v) is 10.5. The van der Waals surface area contributed by atoms with Crippen molar-refractivity contribution >= 4 is 11.5 Å². The highest BCUT2D eigenvalue weighted by atomic mass is 16.6. The first-order chi connectivity index (χ1) is 8.69. The summed E-state index contributed by atoms with van der Waals surface area (Å²) in [6, 6.07) is 2.98.